The van der Waals surface area contributed by atoms with Crippen LogP contribution in [0.1, 0.15) is 5.69 Å². The highest BCUT2D eigenvalue weighted by Gasteiger charge is 2.12. The summed E-state index contributed by atoms with van der Waals surface area (Å²) in [6.45, 7) is 1.32. The normalized spacial score (nSPS) is 15.1. The molecule has 2 rings (SSSR count). The molecule has 5 heteroatoms. The third-order valence-electron chi connectivity index (χ3n) is 2.08. The SMILES string of the molecule is COCN1C=C(c2ccc(Cl)cn2)NC1. The molecule has 0 radical (unpaired) electrons. The van der Waals surface area contributed by atoms with Gasteiger partial charge in [0.2, 0.25) is 0 Å². The Morgan fingerprint density at radius 2 is 2.47 bits per heavy atom. The van der Waals surface area contributed by atoms with Crippen molar-refractivity contribution in [3.8, 4) is 0 Å². The minimum atomic E-state index is 0.574. The lowest BCUT2D eigenvalue weighted by atomic mass is 10.3. The Kier molecular flexibility index (Phi) is 3.08. The van der Waals surface area contributed by atoms with E-state index in [2.05, 4.69) is 10.3 Å². The molecule has 4 nitrogen and oxygen atoms in total. The first-order valence-electron chi connectivity index (χ1n) is 4.60. The van der Waals surface area contributed by atoms with Gasteiger partial charge in [0.25, 0.3) is 0 Å². The Bertz CT molecular complexity index is 363. The van der Waals surface area contributed by atoms with Gasteiger partial charge in [0, 0.05) is 19.5 Å². The third kappa shape index (κ3) is 2.40. The second-order valence-electron chi connectivity index (χ2n) is 3.25. The number of methoxy groups -OCH3 is 1. The van der Waals surface area contributed by atoms with E-state index in [-0.39, 0.29) is 0 Å². The molecule has 1 aliphatic rings. The number of nitrogens with zero attached hydrogens (tertiary/aromatic N) is 2. The predicted octanol–water partition coefficient (Wildman–Crippen LogP) is 1.50. The Hall–Kier alpha value is -1.26. The van der Waals surface area contributed by atoms with Crippen LogP contribution in [-0.4, -0.2) is 30.4 Å². The maximum atomic E-state index is 5.76. The average Bonchev–Trinajstić information content (AvgIpc) is 2.68. The molecule has 1 aliphatic heterocycles. The molecule has 1 N–H and O–H groups in total. The molecule has 80 valence electrons. The number of rotatable bonds is 3. The second-order valence-corrected chi connectivity index (χ2v) is 3.68. The molecular formula is C10H12ClN3O. The van der Waals surface area contributed by atoms with E-state index in [0.29, 0.717) is 11.8 Å². The van der Waals surface area contributed by atoms with Crippen LogP contribution in [0.15, 0.2) is 24.5 Å². The van der Waals surface area contributed by atoms with Crippen molar-refractivity contribution in [3.05, 3.63) is 35.2 Å². The Morgan fingerprint density at radius 3 is 3.13 bits per heavy atom. The summed E-state index contributed by atoms with van der Waals surface area (Å²) in [5.41, 5.74) is 1.88. The third-order valence-corrected chi connectivity index (χ3v) is 2.31. The zero-order valence-electron chi connectivity index (χ0n) is 8.40. The summed E-state index contributed by atoms with van der Waals surface area (Å²) >= 11 is 5.76. The summed E-state index contributed by atoms with van der Waals surface area (Å²) in [5, 5.41) is 3.87. The molecule has 1 aromatic heterocycles. The Morgan fingerprint density at radius 1 is 1.60 bits per heavy atom. The van der Waals surface area contributed by atoms with E-state index in [1.165, 1.54) is 0 Å². The fourth-order valence-corrected chi connectivity index (χ4v) is 1.51. The molecule has 0 saturated heterocycles. The van der Waals surface area contributed by atoms with Crippen LogP contribution in [0.25, 0.3) is 5.70 Å². The highest BCUT2D eigenvalue weighted by atomic mass is 35.5. The number of hydrogen-bond donors (Lipinski definition) is 1. The molecule has 0 unspecified atom stereocenters. The highest BCUT2D eigenvalue weighted by Crippen LogP contribution is 2.16. The molecule has 0 spiro atoms. The van der Waals surface area contributed by atoms with Crippen molar-refractivity contribution in [1.82, 2.24) is 15.2 Å². The van der Waals surface area contributed by atoms with E-state index in [0.717, 1.165) is 18.1 Å². The van der Waals surface area contributed by atoms with Crippen molar-refractivity contribution >= 4 is 17.3 Å². The first-order chi connectivity index (χ1) is 7.29. The fraction of sp³-hybridized carbons (Fsp3) is 0.300. The lowest BCUT2D eigenvalue weighted by Crippen LogP contribution is -2.23. The molecule has 0 aromatic carbocycles. The van der Waals surface area contributed by atoms with Crippen LogP contribution in [0.2, 0.25) is 5.02 Å². The molecule has 1 aromatic rings. The van der Waals surface area contributed by atoms with Crippen molar-refractivity contribution in [1.29, 1.82) is 0 Å². The number of ether oxygens (including phenoxy) is 1. The second kappa shape index (κ2) is 4.51. The summed E-state index contributed by atoms with van der Waals surface area (Å²) in [6, 6.07) is 3.71. The Balaban J connectivity index is 2.12. The molecule has 0 saturated carbocycles. The first-order valence-corrected chi connectivity index (χ1v) is 4.98. The van der Waals surface area contributed by atoms with Crippen LogP contribution in [0.3, 0.4) is 0 Å². The van der Waals surface area contributed by atoms with Crippen LogP contribution in [0, 0.1) is 0 Å². The van der Waals surface area contributed by atoms with Gasteiger partial charge in [0.15, 0.2) is 0 Å². The van der Waals surface area contributed by atoms with E-state index < -0.39 is 0 Å². The van der Waals surface area contributed by atoms with Crippen LogP contribution >= 0.6 is 11.6 Å². The topological polar surface area (TPSA) is 37.4 Å². The minimum Gasteiger partial charge on any atom is -0.365 e. The molecule has 15 heavy (non-hydrogen) atoms. The van der Waals surface area contributed by atoms with Crippen molar-refractivity contribution in [3.63, 3.8) is 0 Å². The molecule has 0 amide bonds. The van der Waals surface area contributed by atoms with Crippen molar-refractivity contribution < 1.29 is 4.74 Å². The molecular weight excluding hydrogens is 214 g/mol. The quantitative estimate of drug-likeness (QED) is 0.846. The summed E-state index contributed by atoms with van der Waals surface area (Å²) in [7, 11) is 1.67. The first kappa shape index (κ1) is 10.3. The van der Waals surface area contributed by atoms with Gasteiger partial charge in [-0.05, 0) is 12.1 Å². The summed E-state index contributed by atoms with van der Waals surface area (Å²) in [6.07, 6.45) is 3.62. The van der Waals surface area contributed by atoms with Gasteiger partial charge in [-0.2, -0.15) is 0 Å². The van der Waals surface area contributed by atoms with Crippen molar-refractivity contribution in [2.75, 3.05) is 20.5 Å². The van der Waals surface area contributed by atoms with Gasteiger partial charge in [0.05, 0.1) is 23.1 Å². The van der Waals surface area contributed by atoms with Gasteiger partial charge in [0.1, 0.15) is 6.73 Å². The van der Waals surface area contributed by atoms with Crippen molar-refractivity contribution in [2.45, 2.75) is 0 Å². The lowest BCUT2D eigenvalue weighted by Gasteiger charge is -2.11. The zero-order valence-corrected chi connectivity index (χ0v) is 9.16. The van der Waals surface area contributed by atoms with Crippen LogP contribution in [0.4, 0.5) is 0 Å². The van der Waals surface area contributed by atoms with Crippen LogP contribution in [0.5, 0.6) is 0 Å². The maximum absolute atomic E-state index is 5.76. The van der Waals surface area contributed by atoms with Crippen LogP contribution < -0.4 is 5.32 Å². The number of pyridine rings is 1. The molecule has 0 fully saturated rings. The van der Waals surface area contributed by atoms with E-state index >= 15 is 0 Å². The van der Waals surface area contributed by atoms with E-state index in [4.69, 9.17) is 16.3 Å². The van der Waals surface area contributed by atoms with Gasteiger partial charge < -0.3 is 15.0 Å². The van der Waals surface area contributed by atoms with Gasteiger partial charge in [-0.15, -0.1) is 0 Å². The minimum absolute atomic E-state index is 0.574. The monoisotopic (exact) mass is 225 g/mol. The smallest absolute Gasteiger partial charge is 0.119 e. The van der Waals surface area contributed by atoms with Gasteiger partial charge in [-0.3, -0.25) is 4.98 Å². The maximum Gasteiger partial charge on any atom is 0.119 e. The van der Waals surface area contributed by atoms with Gasteiger partial charge >= 0.3 is 0 Å². The average molecular weight is 226 g/mol. The Labute approximate surface area is 93.5 Å². The van der Waals surface area contributed by atoms with Gasteiger partial charge in [-0.25, -0.2) is 0 Å². The molecule has 0 aliphatic carbocycles. The molecule has 0 atom stereocenters. The molecule has 0 bridgehead atoms. The number of hydrogen-bond acceptors (Lipinski definition) is 4. The highest BCUT2D eigenvalue weighted by molar-refractivity contribution is 6.30. The van der Waals surface area contributed by atoms with E-state index in [1.807, 2.05) is 23.2 Å². The van der Waals surface area contributed by atoms with E-state index in [1.54, 1.807) is 13.3 Å². The molecule has 2 heterocycles. The predicted molar refractivity (Wildman–Crippen MR) is 58.9 cm³/mol. The van der Waals surface area contributed by atoms with Gasteiger partial charge in [-0.1, -0.05) is 11.6 Å². The van der Waals surface area contributed by atoms with Crippen LogP contribution in [-0.2, 0) is 4.74 Å². The standard InChI is InChI=1S/C10H12ClN3O/c1-15-7-14-5-10(13-6-14)9-3-2-8(11)4-12-9/h2-5,13H,6-7H2,1H3. The van der Waals surface area contributed by atoms with E-state index in [9.17, 15) is 0 Å². The fourth-order valence-electron chi connectivity index (χ4n) is 1.40. The largest absolute Gasteiger partial charge is 0.365 e. The van der Waals surface area contributed by atoms with Crippen molar-refractivity contribution in [2.24, 2.45) is 0 Å². The number of nitrogens with one attached hydrogen (secondary N) is 1. The lowest BCUT2D eigenvalue weighted by molar-refractivity contribution is 0.0995. The zero-order chi connectivity index (χ0) is 10.7. The number of aromatic nitrogens is 1. The summed E-state index contributed by atoms with van der Waals surface area (Å²) in [5.74, 6) is 0. The number of halogens is 1. The summed E-state index contributed by atoms with van der Waals surface area (Å²) in [4.78, 5) is 6.24. The summed E-state index contributed by atoms with van der Waals surface area (Å²) < 4.78 is 5.03.